The molecule has 2 fully saturated rings. The maximum atomic E-state index is 14.9. The molecule has 11 amide bonds. The standard InChI is InChI=1S/C60H85N15O22S/c1-29(65-49(85)34(61)23-31-9-5-4-6-10-31)48(84)74-47-30(2)97-46(83)26-39(53(89)72-41(27-76)54(90)69-38(25-45(81)82)52(88)68-37(59(95)96)17-18-44(79)80)70-55(91)42(28-77)73-56(92)43-12-8-21-75(43)58(94)40(24-32-13-15-33(78)16-14-32)71-50(86)35(11-7-20-64-60(62)63)66-51(87)36(19-22-98-3)67-57(47)93/h4-6,9-10,13-16,29-30,34-43,47,76-78H,7-8,11-12,17-28,61H2,1-3H3,(H,65,85)(H,66,87)(H,67,93)(H,68,88)(H,69,90)(H,70,91)(H,71,86)(H,72,89)(H,73,92)(H,74,84)(H,79,80)(H,81,82)(H,95,96)(H4,62,63,64)/t29-,30?,34-,35?,36?,37-,38-,39-,40-,41-,42-,43-,47?/m0/s1. The molecule has 2 aromatic rings. The minimum atomic E-state index is -2.32. The van der Waals surface area contributed by atoms with Gasteiger partial charge in [-0.1, -0.05) is 42.5 Å². The smallest absolute Gasteiger partial charge is 0.326 e. The average molecular weight is 1400 g/mol. The summed E-state index contributed by atoms with van der Waals surface area (Å²) in [5, 5.41) is 82.3. The highest BCUT2D eigenvalue weighted by Gasteiger charge is 2.42. The minimum absolute atomic E-state index is 0.0261. The summed E-state index contributed by atoms with van der Waals surface area (Å²) in [6.07, 6.45) is -4.85. The van der Waals surface area contributed by atoms with Crippen LogP contribution in [0, 0.1) is 0 Å². The van der Waals surface area contributed by atoms with Crippen LogP contribution in [0.1, 0.15) is 82.8 Å². The lowest BCUT2D eigenvalue weighted by Crippen LogP contribution is -2.62. The Morgan fingerprint density at radius 2 is 1.31 bits per heavy atom. The molecule has 38 heteroatoms. The zero-order chi connectivity index (χ0) is 72.9. The summed E-state index contributed by atoms with van der Waals surface area (Å²) in [6.45, 7) is -0.575. The number of carboxylic acids is 3. The number of aliphatic imine (C=N–C) groups is 1. The lowest BCUT2D eigenvalue weighted by Gasteiger charge is -2.31. The predicted octanol–water partition coefficient (Wildman–Crippen LogP) is -7.09. The van der Waals surface area contributed by atoms with Crippen LogP contribution in [0.2, 0.25) is 0 Å². The van der Waals surface area contributed by atoms with Crippen molar-refractivity contribution in [3.63, 3.8) is 0 Å². The molecule has 13 atom stereocenters. The normalized spacial score (nSPS) is 22.1. The van der Waals surface area contributed by atoms with E-state index in [1.165, 1.54) is 43.0 Å². The number of amides is 11. The van der Waals surface area contributed by atoms with E-state index in [1.54, 1.807) is 36.6 Å². The molecule has 0 bridgehead atoms. The van der Waals surface area contributed by atoms with Crippen LogP contribution in [-0.2, 0) is 89.5 Å². The van der Waals surface area contributed by atoms with Crippen LogP contribution in [0.25, 0.3) is 0 Å². The Balaban J connectivity index is 1.86. The zero-order valence-electron chi connectivity index (χ0n) is 53.8. The van der Waals surface area contributed by atoms with E-state index in [1.807, 2.05) is 16.0 Å². The van der Waals surface area contributed by atoms with Crippen LogP contribution in [0.4, 0.5) is 0 Å². The molecule has 0 spiro atoms. The molecule has 2 saturated heterocycles. The highest BCUT2D eigenvalue weighted by molar-refractivity contribution is 7.98. The lowest BCUT2D eigenvalue weighted by atomic mass is 10.0. The topological polar surface area (TPSA) is 601 Å². The number of ether oxygens (including phenoxy) is 1. The van der Waals surface area contributed by atoms with Crippen molar-refractivity contribution in [1.29, 1.82) is 0 Å². The second-order valence-corrected chi connectivity index (χ2v) is 23.9. The van der Waals surface area contributed by atoms with Crippen molar-refractivity contribution in [2.75, 3.05) is 38.3 Å². The fourth-order valence-electron chi connectivity index (χ4n) is 10.0. The summed E-state index contributed by atoms with van der Waals surface area (Å²) in [5.74, 6) is -19.9. The molecule has 538 valence electrons. The maximum absolute atomic E-state index is 14.9. The summed E-state index contributed by atoms with van der Waals surface area (Å²) >= 11 is 1.22. The second-order valence-electron chi connectivity index (χ2n) is 22.9. The number of esters is 1. The SMILES string of the molecule is CSCCC1NC(=O)C(NC(=O)[C@H](C)NC(=O)[C@@H](N)Cc2ccccc2)C(C)OC(=O)C[C@@H](C(=O)N[C@@H](CO)C(=O)N[C@@H](CC(=O)O)C(=O)N[C@@H](CCC(=O)O)C(=O)O)NC(=O)[C@H](CO)NC(=O)[C@@H]2CCCN2C(=O)[C@H](Cc2ccc(O)cc2)NC(=O)C(CCCN=C(N)N)NC1=O. The number of phenols is 1. The molecule has 0 aliphatic carbocycles. The van der Waals surface area contributed by atoms with Crippen LogP contribution in [0.3, 0.4) is 0 Å². The number of rotatable bonds is 29. The van der Waals surface area contributed by atoms with Crippen LogP contribution < -0.4 is 70.4 Å². The van der Waals surface area contributed by atoms with Crippen molar-refractivity contribution >= 4 is 107 Å². The van der Waals surface area contributed by atoms with Gasteiger partial charge in [-0.2, -0.15) is 11.8 Å². The van der Waals surface area contributed by atoms with Crippen LogP contribution in [0.15, 0.2) is 59.6 Å². The number of carboxylic acid groups (broad SMARTS) is 3. The number of aliphatic hydroxyl groups excluding tert-OH is 2. The van der Waals surface area contributed by atoms with Gasteiger partial charge in [-0.15, -0.1) is 0 Å². The zero-order valence-corrected chi connectivity index (χ0v) is 54.6. The van der Waals surface area contributed by atoms with Crippen LogP contribution in [-0.4, -0.2) is 247 Å². The number of aliphatic carboxylic acids is 3. The lowest BCUT2D eigenvalue weighted by molar-refractivity contribution is -0.154. The Bertz CT molecular complexity index is 3220. The molecule has 22 N–H and O–H groups in total. The van der Waals surface area contributed by atoms with Crippen LogP contribution in [0.5, 0.6) is 5.75 Å². The fourth-order valence-corrected chi connectivity index (χ4v) is 10.5. The van der Waals surface area contributed by atoms with E-state index in [-0.39, 0.29) is 75.5 Å². The van der Waals surface area contributed by atoms with Gasteiger partial charge in [0.1, 0.15) is 78.3 Å². The minimum Gasteiger partial charge on any atom is -0.508 e. The third kappa shape index (κ3) is 26.1. The van der Waals surface area contributed by atoms with Gasteiger partial charge in [0, 0.05) is 25.9 Å². The largest absolute Gasteiger partial charge is 0.508 e. The summed E-state index contributed by atoms with van der Waals surface area (Å²) in [5.41, 5.74) is 18.3. The third-order valence-electron chi connectivity index (χ3n) is 15.3. The first-order valence-electron chi connectivity index (χ1n) is 30.9. The molecule has 0 saturated carbocycles. The number of nitrogens with two attached hydrogens (primary N) is 3. The van der Waals surface area contributed by atoms with E-state index in [4.69, 9.17) is 27.0 Å². The van der Waals surface area contributed by atoms with Gasteiger partial charge in [0.25, 0.3) is 0 Å². The molecule has 2 aromatic carbocycles. The quantitative estimate of drug-likeness (QED) is 0.0156. The third-order valence-corrected chi connectivity index (χ3v) is 16.0. The Hall–Kier alpha value is -10.2. The van der Waals surface area contributed by atoms with Gasteiger partial charge < -0.3 is 111 Å². The number of aromatic hydroxyl groups is 1. The molecule has 0 radical (unpaired) electrons. The number of guanidine groups is 1. The van der Waals surface area contributed by atoms with Gasteiger partial charge in [0.2, 0.25) is 65.0 Å². The Kier molecular flexibility index (Phi) is 32.5. The molecule has 2 aliphatic heterocycles. The number of hydrogen-bond donors (Lipinski definition) is 19. The first kappa shape index (κ1) is 80.2. The van der Waals surface area contributed by atoms with Crippen molar-refractivity contribution in [2.24, 2.45) is 22.2 Å². The highest BCUT2D eigenvalue weighted by atomic mass is 32.2. The van der Waals surface area contributed by atoms with Gasteiger partial charge in [-0.05, 0) is 94.1 Å². The summed E-state index contributed by atoms with van der Waals surface area (Å²) in [4.78, 5) is 211. The van der Waals surface area contributed by atoms with E-state index >= 15 is 0 Å². The van der Waals surface area contributed by atoms with Crippen molar-refractivity contribution in [3.05, 3.63) is 65.7 Å². The van der Waals surface area contributed by atoms with Gasteiger partial charge in [-0.25, -0.2) is 4.79 Å². The molecule has 2 heterocycles. The second kappa shape index (κ2) is 39.7. The Labute approximate surface area is 565 Å². The van der Waals surface area contributed by atoms with E-state index < -0.39 is 206 Å². The summed E-state index contributed by atoms with van der Waals surface area (Å²) in [6, 6.07) is -7.56. The van der Waals surface area contributed by atoms with E-state index in [0.29, 0.717) is 11.1 Å². The molecule has 2 aliphatic rings. The average Bonchev–Trinajstić information content (AvgIpc) is 1.55. The number of aliphatic hydroxyl groups is 2. The molecular weight excluding hydrogens is 1310 g/mol. The number of nitrogens with zero attached hydrogens (tertiary/aromatic N) is 2. The molecule has 4 unspecified atom stereocenters. The molecule has 0 aromatic heterocycles. The van der Waals surface area contributed by atoms with E-state index in [2.05, 4.69) is 42.2 Å². The fraction of sp³-hybridized carbons (Fsp3) is 0.533. The van der Waals surface area contributed by atoms with Crippen molar-refractivity contribution in [1.82, 2.24) is 58.1 Å². The number of phenolic OH excluding ortho intramolecular Hbond substituents is 1. The number of cyclic esters (lactones) is 1. The van der Waals surface area contributed by atoms with Crippen molar-refractivity contribution in [3.8, 4) is 5.75 Å². The molecular formula is C60H85N15O22S. The van der Waals surface area contributed by atoms with Gasteiger partial charge >= 0.3 is 23.9 Å². The number of carbonyl (C=O) groups excluding carboxylic acids is 12. The summed E-state index contributed by atoms with van der Waals surface area (Å²) in [7, 11) is 0. The summed E-state index contributed by atoms with van der Waals surface area (Å²) < 4.78 is 5.64. The van der Waals surface area contributed by atoms with Gasteiger partial charge in [-0.3, -0.25) is 72.1 Å². The first-order chi connectivity index (χ1) is 46.3. The van der Waals surface area contributed by atoms with Crippen LogP contribution >= 0.6 is 11.8 Å². The number of nitrogens with one attached hydrogen (secondary N) is 10. The first-order valence-corrected chi connectivity index (χ1v) is 32.3. The Morgan fingerprint density at radius 3 is 1.91 bits per heavy atom. The van der Waals surface area contributed by atoms with Gasteiger partial charge in [0.05, 0.1) is 32.1 Å². The highest BCUT2D eigenvalue weighted by Crippen LogP contribution is 2.22. The van der Waals surface area contributed by atoms with E-state index in [0.717, 1.165) is 11.8 Å². The molecule has 98 heavy (non-hydrogen) atoms. The molecule has 37 nitrogen and oxygen atoms in total. The Morgan fingerprint density at radius 1 is 0.704 bits per heavy atom. The number of thioether (sulfide) groups is 1. The maximum Gasteiger partial charge on any atom is 0.326 e. The predicted molar refractivity (Wildman–Crippen MR) is 344 cm³/mol. The molecule has 4 rings (SSSR count). The van der Waals surface area contributed by atoms with Crippen molar-refractivity contribution < 1.29 is 107 Å². The number of fused-ring (bicyclic) bond motifs is 1. The number of benzene rings is 2. The van der Waals surface area contributed by atoms with Gasteiger partial charge in [0.15, 0.2) is 5.96 Å². The number of carbonyl (C=O) groups is 15. The monoisotopic (exact) mass is 1400 g/mol. The number of hydrogen-bond acceptors (Lipinski definition) is 22. The van der Waals surface area contributed by atoms with Crippen molar-refractivity contribution in [2.45, 2.75) is 163 Å². The van der Waals surface area contributed by atoms with E-state index in [9.17, 15) is 97.5 Å².